The van der Waals surface area contributed by atoms with E-state index in [9.17, 15) is 9.59 Å². The summed E-state index contributed by atoms with van der Waals surface area (Å²) in [6.45, 7) is 0. The fourth-order valence-electron chi connectivity index (χ4n) is 7.32. The van der Waals surface area contributed by atoms with E-state index in [1.54, 1.807) is 24.3 Å². The van der Waals surface area contributed by atoms with E-state index in [0.29, 0.717) is 11.1 Å². The van der Waals surface area contributed by atoms with Crippen LogP contribution in [0.2, 0.25) is 0 Å². The number of ether oxygens (including phenoxy) is 2. The molecule has 2 unspecified atom stereocenters. The predicted molar refractivity (Wildman–Crippen MR) is 179 cm³/mol. The van der Waals surface area contributed by atoms with Crippen LogP contribution in [0.3, 0.4) is 0 Å². The number of hydrogen-bond acceptors (Lipinski definition) is 4. The van der Waals surface area contributed by atoms with Gasteiger partial charge in [-0.25, -0.2) is 9.59 Å². The molecular formula is C42H30O4. The third kappa shape index (κ3) is 4.70. The summed E-state index contributed by atoms with van der Waals surface area (Å²) in [6.07, 6.45) is -1.53. The van der Waals surface area contributed by atoms with Crippen molar-refractivity contribution in [1.82, 2.24) is 0 Å². The van der Waals surface area contributed by atoms with Crippen LogP contribution in [0.25, 0.3) is 22.3 Å². The number of fused-ring (bicyclic) bond motifs is 1. The Kier molecular flexibility index (Phi) is 7.03. The van der Waals surface area contributed by atoms with Crippen molar-refractivity contribution in [2.24, 2.45) is 0 Å². The Labute approximate surface area is 267 Å². The minimum Gasteiger partial charge on any atom is -0.454 e. The molecule has 3 aliphatic rings. The molecule has 0 aliphatic heterocycles. The minimum absolute atomic E-state index is 0.358. The highest BCUT2D eigenvalue weighted by atomic mass is 16.6. The van der Waals surface area contributed by atoms with Gasteiger partial charge >= 0.3 is 11.9 Å². The summed E-state index contributed by atoms with van der Waals surface area (Å²) >= 11 is 0. The Hall–Kier alpha value is -5.74. The quantitative estimate of drug-likeness (QED) is 0.180. The van der Waals surface area contributed by atoms with E-state index in [4.69, 9.17) is 9.47 Å². The Balaban J connectivity index is 1.37. The maximum Gasteiger partial charge on any atom is 0.338 e. The summed E-state index contributed by atoms with van der Waals surface area (Å²) in [4.78, 5) is 27.6. The molecule has 0 heterocycles. The van der Waals surface area contributed by atoms with Crippen LogP contribution >= 0.6 is 0 Å². The molecule has 6 aromatic rings. The largest absolute Gasteiger partial charge is 0.454 e. The highest BCUT2D eigenvalue weighted by molar-refractivity contribution is 5.91. The second-order valence-corrected chi connectivity index (χ2v) is 11.8. The molecule has 2 atom stereocenters. The van der Waals surface area contributed by atoms with Gasteiger partial charge in [0.05, 0.1) is 23.0 Å². The van der Waals surface area contributed by atoms with Gasteiger partial charge in [0.15, 0.2) is 12.2 Å². The van der Waals surface area contributed by atoms with Crippen molar-refractivity contribution < 1.29 is 19.1 Å². The molecule has 0 N–H and O–H groups in total. The molecule has 222 valence electrons. The Morgan fingerprint density at radius 3 is 1.17 bits per heavy atom. The van der Waals surface area contributed by atoms with E-state index in [1.165, 1.54) is 0 Å². The summed E-state index contributed by atoms with van der Waals surface area (Å²) in [5.41, 5.74) is 9.60. The van der Waals surface area contributed by atoms with Gasteiger partial charge in [0, 0.05) is 0 Å². The van der Waals surface area contributed by atoms with Crippen LogP contribution in [0, 0.1) is 0 Å². The summed E-state index contributed by atoms with van der Waals surface area (Å²) in [5, 5.41) is 0. The first-order chi connectivity index (χ1) is 22.7. The summed E-state index contributed by atoms with van der Waals surface area (Å²) in [7, 11) is 0. The van der Waals surface area contributed by atoms with Crippen molar-refractivity contribution in [2.45, 2.75) is 24.0 Å². The molecule has 0 saturated heterocycles. The van der Waals surface area contributed by atoms with Crippen molar-refractivity contribution in [3.05, 3.63) is 191 Å². The van der Waals surface area contributed by atoms with Crippen molar-refractivity contribution in [3.63, 3.8) is 0 Å². The maximum absolute atomic E-state index is 13.9. The molecule has 4 nitrogen and oxygen atoms in total. The first kappa shape index (κ1) is 27.8. The fraction of sp³-hybridized carbons (Fsp3) is 0.0952. The van der Waals surface area contributed by atoms with E-state index >= 15 is 0 Å². The average Bonchev–Trinajstić information content (AvgIpc) is 3.13. The van der Waals surface area contributed by atoms with E-state index in [0.717, 1.165) is 44.5 Å². The van der Waals surface area contributed by atoms with Crippen LogP contribution in [0.1, 0.15) is 54.8 Å². The molecule has 2 bridgehead atoms. The van der Waals surface area contributed by atoms with E-state index in [2.05, 4.69) is 60.7 Å². The normalized spacial score (nSPS) is 19.0. The standard InChI is InChI=1S/C42H30O4/c43-41(29-19-9-3-10-20-29)45-39-37-33-25-13-23-31(27-15-5-1-6-16-27)35(33)38(40(39)46-42(44)30-21-11-4-12-22-30)36-32(24-14-26-34(36)37)28-17-7-2-8-18-28/h1-26,37-40H/t37-,38-,39?,40?. The molecule has 4 heteroatoms. The SMILES string of the molecule is O=C(OC1C(OC(=O)c2ccccc2)[C@H]2c3c(-c4ccccc4)cccc3[C@H]1c1cccc(-c3ccccc3)c12)c1ccccc1. The van der Waals surface area contributed by atoms with Gasteiger partial charge in [0.2, 0.25) is 0 Å². The van der Waals surface area contributed by atoms with Crippen LogP contribution in [-0.2, 0) is 9.47 Å². The number of carbonyl (C=O) groups excluding carboxylic acids is 2. The smallest absolute Gasteiger partial charge is 0.338 e. The van der Waals surface area contributed by atoms with Crippen LogP contribution in [-0.4, -0.2) is 24.1 Å². The molecule has 46 heavy (non-hydrogen) atoms. The molecule has 3 aliphatic carbocycles. The zero-order valence-corrected chi connectivity index (χ0v) is 25.0. The molecular weight excluding hydrogens is 568 g/mol. The Bertz CT molecular complexity index is 1950. The zero-order chi connectivity index (χ0) is 31.0. The number of benzene rings is 6. The van der Waals surface area contributed by atoms with Crippen molar-refractivity contribution in [1.29, 1.82) is 0 Å². The number of esters is 2. The van der Waals surface area contributed by atoms with Crippen LogP contribution < -0.4 is 0 Å². The van der Waals surface area contributed by atoms with Gasteiger partial charge in [-0.2, -0.15) is 0 Å². The lowest BCUT2D eigenvalue weighted by Crippen LogP contribution is -2.51. The molecule has 0 saturated carbocycles. The second-order valence-electron chi connectivity index (χ2n) is 11.8. The lowest BCUT2D eigenvalue weighted by molar-refractivity contribution is -0.0555. The zero-order valence-electron chi connectivity index (χ0n) is 25.0. The number of rotatable bonds is 6. The molecule has 9 rings (SSSR count). The first-order valence-electron chi connectivity index (χ1n) is 15.6. The molecule has 0 amide bonds. The van der Waals surface area contributed by atoms with Gasteiger partial charge in [-0.05, 0) is 68.8 Å². The van der Waals surface area contributed by atoms with Gasteiger partial charge in [-0.15, -0.1) is 0 Å². The predicted octanol–water partition coefficient (Wildman–Crippen LogP) is 9.06. The van der Waals surface area contributed by atoms with Crippen molar-refractivity contribution in [3.8, 4) is 22.3 Å². The fourth-order valence-corrected chi connectivity index (χ4v) is 7.32. The van der Waals surface area contributed by atoms with Gasteiger partial charge in [0.1, 0.15) is 0 Å². The Morgan fingerprint density at radius 1 is 0.391 bits per heavy atom. The monoisotopic (exact) mass is 598 g/mol. The maximum atomic E-state index is 13.9. The third-order valence-electron chi connectivity index (χ3n) is 9.23. The molecule has 6 aromatic carbocycles. The van der Waals surface area contributed by atoms with E-state index in [1.807, 2.05) is 72.8 Å². The first-order valence-corrected chi connectivity index (χ1v) is 15.6. The minimum atomic E-state index is -0.778. The van der Waals surface area contributed by atoms with Gasteiger partial charge in [-0.3, -0.25) is 0 Å². The van der Waals surface area contributed by atoms with E-state index in [-0.39, 0.29) is 5.92 Å². The van der Waals surface area contributed by atoms with Crippen LogP contribution in [0.15, 0.2) is 158 Å². The van der Waals surface area contributed by atoms with Gasteiger partial charge in [-0.1, -0.05) is 133 Å². The molecule has 0 fully saturated rings. The highest BCUT2D eigenvalue weighted by Crippen LogP contribution is 2.59. The van der Waals surface area contributed by atoms with Crippen LogP contribution in [0.4, 0.5) is 0 Å². The summed E-state index contributed by atoms with van der Waals surface area (Å²) in [5.74, 6) is -1.65. The van der Waals surface area contributed by atoms with Gasteiger partial charge < -0.3 is 9.47 Å². The van der Waals surface area contributed by atoms with Gasteiger partial charge in [0.25, 0.3) is 0 Å². The molecule has 0 radical (unpaired) electrons. The molecule has 0 spiro atoms. The number of hydrogen-bond donors (Lipinski definition) is 0. The van der Waals surface area contributed by atoms with Crippen LogP contribution in [0.5, 0.6) is 0 Å². The lowest BCUT2D eigenvalue weighted by Gasteiger charge is -2.50. The lowest BCUT2D eigenvalue weighted by atomic mass is 9.58. The third-order valence-corrected chi connectivity index (χ3v) is 9.23. The average molecular weight is 599 g/mol. The summed E-state index contributed by atoms with van der Waals surface area (Å²) in [6, 6.07) is 51.3. The molecule has 0 aromatic heterocycles. The van der Waals surface area contributed by atoms with E-state index < -0.39 is 30.1 Å². The van der Waals surface area contributed by atoms with Crippen molar-refractivity contribution >= 4 is 11.9 Å². The second kappa shape index (κ2) is 11.6. The van der Waals surface area contributed by atoms with Crippen molar-refractivity contribution in [2.75, 3.05) is 0 Å². The summed E-state index contributed by atoms with van der Waals surface area (Å²) < 4.78 is 13.0. The Morgan fingerprint density at radius 2 is 0.761 bits per heavy atom. The topological polar surface area (TPSA) is 52.6 Å². The highest BCUT2D eigenvalue weighted by Gasteiger charge is 2.55. The number of carbonyl (C=O) groups is 2.